The van der Waals surface area contributed by atoms with E-state index in [2.05, 4.69) is 36.4 Å². The zero-order valence-electron chi connectivity index (χ0n) is 7.79. The van der Waals surface area contributed by atoms with Gasteiger partial charge in [0.1, 0.15) is 0 Å². The lowest BCUT2D eigenvalue weighted by Crippen LogP contribution is -2.19. The van der Waals surface area contributed by atoms with Gasteiger partial charge in [0.2, 0.25) is 0 Å². The average molecular weight is 170 g/mol. The van der Waals surface area contributed by atoms with Gasteiger partial charge in [0, 0.05) is 5.41 Å². The Morgan fingerprint density at radius 2 is 1.92 bits per heavy atom. The van der Waals surface area contributed by atoms with E-state index in [1.807, 2.05) is 0 Å². The van der Waals surface area contributed by atoms with Crippen molar-refractivity contribution in [3.63, 3.8) is 0 Å². The van der Waals surface area contributed by atoms with Crippen molar-refractivity contribution in [1.29, 1.82) is 0 Å². The van der Waals surface area contributed by atoms with E-state index >= 15 is 0 Å². The predicted molar refractivity (Wildman–Crippen MR) is 54.7 cm³/mol. The summed E-state index contributed by atoms with van der Waals surface area (Å²) in [6.07, 6.45) is 7.79. The molecule has 1 fully saturated rings. The maximum absolute atomic E-state index is 2.45. The molecule has 0 radical (unpaired) electrons. The molecule has 0 aromatic heterocycles. The van der Waals surface area contributed by atoms with Crippen molar-refractivity contribution >= 4 is 0 Å². The van der Waals surface area contributed by atoms with Gasteiger partial charge in [0.05, 0.1) is 0 Å². The van der Waals surface area contributed by atoms with E-state index in [0.29, 0.717) is 5.41 Å². The summed E-state index contributed by atoms with van der Waals surface area (Å²) >= 11 is 0. The highest BCUT2D eigenvalue weighted by molar-refractivity contribution is 5.37. The Morgan fingerprint density at radius 1 is 1.08 bits per heavy atom. The molecule has 0 heteroatoms. The first-order chi connectivity index (χ1) is 6.39. The first kappa shape index (κ1) is 7.37. The summed E-state index contributed by atoms with van der Waals surface area (Å²) in [4.78, 5) is 0. The molecular formula is C13H14. The summed E-state index contributed by atoms with van der Waals surface area (Å²) in [5, 5.41) is 0. The van der Waals surface area contributed by atoms with Gasteiger partial charge in [0.25, 0.3) is 0 Å². The Hall–Kier alpha value is -1.04. The minimum Gasteiger partial charge on any atom is -0.0844 e. The lowest BCUT2D eigenvalue weighted by Gasteiger charge is -2.26. The van der Waals surface area contributed by atoms with Gasteiger partial charge in [-0.2, -0.15) is 0 Å². The number of allylic oxidation sites excluding steroid dienone is 2. The van der Waals surface area contributed by atoms with Crippen LogP contribution in [0.4, 0.5) is 0 Å². The fourth-order valence-electron chi connectivity index (χ4n) is 2.86. The van der Waals surface area contributed by atoms with Crippen LogP contribution in [0.15, 0.2) is 42.0 Å². The van der Waals surface area contributed by atoms with Gasteiger partial charge in [-0.25, -0.2) is 0 Å². The third-order valence-electron chi connectivity index (χ3n) is 3.66. The highest BCUT2D eigenvalue weighted by Crippen LogP contribution is 2.51. The van der Waals surface area contributed by atoms with Crippen LogP contribution in [0, 0.1) is 0 Å². The summed E-state index contributed by atoms with van der Waals surface area (Å²) in [5.41, 5.74) is 3.76. The lowest BCUT2D eigenvalue weighted by atomic mass is 9.78. The van der Waals surface area contributed by atoms with Crippen LogP contribution in [-0.2, 0) is 5.41 Å². The van der Waals surface area contributed by atoms with Crippen LogP contribution in [0.25, 0.3) is 0 Å². The number of rotatable bonds is 1. The van der Waals surface area contributed by atoms with Gasteiger partial charge in [-0.3, -0.25) is 0 Å². The Labute approximate surface area is 79.3 Å². The Kier molecular flexibility index (Phi) is 1.40. The molecule has 2 aliphatic rings. The molecule has 3 rings (SSSR count). The van der Waals surface area contributed by atoms with Gasteiger partial charge in [-0.05, 0) is 31.2 Å². The Bertz CT molecular complexity index is 348. The number of benzene rings is 1. The molecule has 1 aromatic rings. The molecule has 0 N–H and O–H groups in total. The smallest absolute Gasteiger partial charge is 0.00277 e. The largest absolute Gasteiger partial charge is 0.0844 e. The number of fused-ring (bicyclic) bond motifs is 2. The standard InChI is InChI=1S/C13H14/c1-2-4-12(5-3-1)13-8-6-11(10-13)7-9-13/h1-6H,7-10H2. The summed E-state index contributed by atoms with van der Waals surface area (Å²) < 4.78 is 0. The predicted octanol–water partition coefficient (Wildman–Crippen LogP) is 3.44. The summed E-state index contributed by atoms with van der Waals surface area (Å²) in [6, 6.07) is 11.0. The normalized spacial score (nSPS) is 30.6. The van der Waals surface area contributed by atoms with Gasteiger partial charge in [-0.1, -0.05) is 42.0 Å². The van der Waals surface area contributed by atoms with Crippen LogP contribution in [0.2, 0.25) is 0 Å². The van der Waals surface area contributed by atoms with Gasteiger partial charge >= 0.3 is 0 Å². The van der Waals surface area contributed by atoms with E-state index in [4.69, 9.17) is 0 Å². The van der Waals surface area contributed by atoms with Crippen molar-refractivity contribution < 1.29 is 0 Å². The van der Waals surface area contributed by atoms with Crippen LogP contribution in [0.5, 0.6) is 0 Å². The second kappa shape index (κ2) is 2.47. The Balaban J connectivity index is 2.03. The quantitative estimate of drug-likeness (QED) is 0.566. The third-order valence-corrected chi connectivity index (χ3v) is 3.66. The third kappa shape index (κ3) is 0.980. The van der Waals surface area contributed by atoms with Crippen LogP contribution >= 0.6 is 0 Å². The number of hydrogen-bond donors (Lipinski definition) is 0. The fourth-order valence-corrected chi connectivity index (χ4v) is 2.86. The van der Waals surface area contributed by atoms with Crippen molar-refractivity contribution in [1.82, 2.24) is 0 Å². The van der Waals surface area contributed by atoms with Crippen molar-refractivity contribution in [2.24, 2.45) is 0 Å². The molecule has 66 valence electrons. The van der Waals surface area contributed by atoms with Gasteiger partial charge in [0.15, 0.2) is 0 Å². The molecule has 0 saturated heterocycles. The molecule has 2 bridgehead atoms. The molecule has 0 nitrogen and oxygen atoms in total. The minimum atomic E-state index is 0.511. The van der Waals surface area contributed by atoms with Crippen LogP contribution in [0.1, 0.15) is 31.2 Å². The summed E-state index contributed by atoms with van der Waals surface area (Å²) in [5.74, 6) is 0. The second-order valence-electron chi connectivity index (χ2n) is 4.39. The zero-order chi connectivity index (χ0) is 8.73. The molecule has 0 amide bonds. The van der Waals surface area contributed by atoms with Crippen molar-refractivity contribution in [2.45, 2.75) is 31.1 Å². The van der Waals surface area contributed by atoms with E-state index < -0.39 is 0 Å². The second-order valence-corrected chi connectivity index (χ2v) is 4.39. The van der Waals surface area contributed by atoms with E-state index in [1.165, 1.54) is 25.7 Å². The van der Waals surface area contributed by atoms with Gasteiger partial charge < -0.3 is 0 Å². The first-order valence-electron chi connectivity index (χ1n) is 5.13. The van der Waals surface area contributed by atoms with Crippen LogP contribution in [0.3, 0.4) is 0 Å². The highest BCUT2D eigenvalue weighted by Gasteiger charge is 2.40. The van der Waals surface area contributed by atoms with E-state index in [1.54, 1.807) is 11.1 Å². The fraction of sp³-hybridized carbons (Fsp3) is 0.385. The van der Waals surface area contributed by atoms with Crippen LogP contribution in [-0.4, -0.2) is 0 Å². The monoisotopic (exact) mass is 170 g/mol. The minimum absolute atomic E-state index is 0.511. The highest BCUT2D eigenvalue weighted by atomic mass is 14.4. The maximum atomic E-state index is 2.45. The molecule has 0 aliphatic heterocycles. The molecule has 1 atom stereocenters. The molecule has 1 saturated carbocycles. The molecule has 1 unspecified atom stereocenters. The maximum Gasteiger partial charge on any atom is 0.00277 e. The summed E-state index contributed by atoms with van der Waals surface area (Å²) in [7, 11) is 0. The van der Waals surface area contributed by atoms with Crippen molar-refractivity contribution in [2.75, 3.05) is 0 Å². The molecule has 0 spiro atoms. The molecule has 13 heavy (non-hydrogen) atoms. The molecule has 0 heterocycles. The molecule has 2 aliphatic carbocycles. The van der Waals surface area contributed by atoms with E-state index in [-0.39, 0.29) is 0 Å². The van der Waals surface area contributed by atoms with Crippen molar-refractivity contribution in [3.05, 3.63) is 47.5 Å². The number of hydrogen-bond acceptors (Lipinski definition) is 0. The van der Waals surface area contributed by atoms with E-state index in [9.17, 15) is 0 Å². The van der Waals surface area contributed by atoms with Gasteiger partial charge in [-0.15, -0.1) is 0 Å². The average Bonchev–Trinajstić information content (AvgIpc) is 2.80. The van der Waals surface area contributed by atoms with E-state index in [0.717, 1.165) is 0 Å². The lowest BCUT2D eigenvalue weighted by molar-refractivity contribution is 0.463. The topological polar surface area (TPSA) is 0 Å². The van der Waals surface area contributed by atoms with Crippen molar-refractivity contribution in [3.8, 4) is 0 Å². The SMILES string of the molecule is C1=C2CCC(c3ccccc3)(C1)C2. The molecular weight excluding hydrogens is 156 g/mol. The van der Waals surface area contributed by atoms with Crippen LogP contribution < -0.4 is 0 Å². The summed E-state index contributed by atoms with van der Waals surface area (Å²) in [6.45, 7) is 0. The molecule has 1 aromatic carbocycles. The zero-order valence-corrected chi connectivity index (χ0v) is 7.79. The Morgan fingerprint density at radius 3 is 2.46 bits per heavy atom. The first-order valence-corrected chi connectivity index (χ1v) is 5.13.